The Morgan fingerprint density at radius 2 is 2.18 bits per heavy atom. The predicted octanol–water partition coefficient (Wildman–Crippen LogP) is 1.93. The normalized spacial score (nSPS) is 10.3. The lowest BCUT2D eigenvalue weighted by Crippen LogP contribution is -2.25. The maximum atomic E-state index is 13.9. The van der Waals surface area contributed by atoms with Gasteiger partial charge in [0.25, 0.3) is 5.91 Å². The van der Waals surface area contributed by atoms with Crippen LogP contribution in [-0.4, -0.2) is 29.2 Å². The molecule has 7 heteroatoms. The minimum atomic E-state index is -0.522. The lowest BCUT2D eigenvalue weighted by atomic mass is 10.2. The van der Waals surface area contributed by atoms with Gasteiger partial charge in [0, 0.05) is 6.20 Å². The molecule has 0 aliphatic heterocycles. The third-order valence-corrected chi connectivity index (χ3v) is 2.82. The monoisotopic (exact) mass is 305 g/mol. The number of aromatic nitrogens is 1. The average Bonchev–Trinajstić information content (AvgIpc) is 2.51. The second kappa shape index (κ2) is 7.48. The molecule has 1 amide bonds. The highest BCUT2D eigenvalue weighted by molar-refractivity contribution is 5.99. The molecule has 0 saturated heterocycles. The fraction of sp³-hybridized carbons (Fsp3) is 0.200. The number of amides is 1. The molecule has 3 N–H and O–H groups in total. The van der Waals surface area contributed by atoms with Crippen LogP contribution in [-0.2, 0) is 4.84 Å². The van der Waals surface area contributed by atoms with E-state index in [1.165, 1.54) is 24.5 Å². The molecule has 2 rings (SSSR count). The van der Waals surface area contributed by atoms with Crippen LogP contribution in [0, 0.1) is 12.7 Å². The Labute approximate surface area is 126 Å². The number of pyridine rings is 1. The molecule has 0 aliphatic carbocycles. The number of hydrogen-bond acceptors (Lipinski definition) is 5. The van der Waals surface area contributed by atoms with Crippen molar-refractivity contribution in [2.45, 2.75) is 6.92 Å². The van der Waals surface area contributed by atoms with Crippen molar-refractivity contribution in [3.05, 3.63) is 53.6 Å². The average molecular weight is 305 g/mol. The molecule has 22 heavy (non-hydrogen) atoms. The van der Waals surface area contributed by atoms with E-state index in [0.717, 1.165) is 5.56 Å². The van der Waals surface area contributed by atoms with E-state index in [1.54, 1.807) is 19.1 Å². The molecular weight excluding hydrogens is 289 g/mol. The Morgan fingerprint density at radius 1 is 1.36 bits per heavy atom. The summed E-state index contributed by atoms with van der Waals surface area (Å²) in [6.45, 7) is 1.55. The summed E-state index contributed by atoms with van der Waals surface area (Å²) in [6.07, 6.45) is 2.86. The lowest BCUT2D eigenvalue weighted by molar-refractivity contribution is 0.0169. The standard InChI is InChI=1S/C15H16FN3O3/c1-10-2-3-13(12(16)8-10)18-14-9-17-5-4-11(14)15(21)19-22-7-6-20/h2-5,8-9,18,20H,6-7H2,1H3,(H,19,21). The molecule has 1 aromatic carbocycles. The topological polar surface area (TPSA) is 83.5 Å². The van der Waals surface area contributed by atoms with Crippen molar-refractivity contribution in [2.24, 2.45) is 0 Å². The molecule has 6 nitrogen and oxygen atoms in total. The second-order valence-electron chi connectivity index (χ2n) is 4.53. The number of aliphatic hydroxyl groups excluding tert-OH is 1. The maximum Gasteiger partial charge on any atom is 0.277 e. The minimum Gasteiger partial charge on any atom is -0.394 e. The van der Waals surface area contributed by atoms with Crippen molar-refractivity contribution in [3.8, 4) is 0 Å². The molecule has 2 aromatic rings. The number of aliphatic hydroxyl groups is 1. The number of carbonyl (C=O) groups is 1. The van der Waals surface area contributed by atoms with E-state index in [1.807, 2.05) is 0 Å². The first-order valence-corrected chi connectivity index (χ1v) is 6.62. The van der Waals surface area contributed by atoms with Gasteiger partial charge in [-0.2, -0.15) is 0 Å². The third-order valence-electron chi connectivity index (χ3n) is 2.82. The number of anilines is 2. The van der Waals surface area contributed by atoms with E-state index in [-0.39, 0.29) is 24.5 Å². The smallest absolute Gasteiger partial charge is 0.277 e. The number of nitrogens with one attached hydrogen (secondary N) is 2. The van der Waals surface area contributed by atoms with Crippen LogP contribution in [0.2, 0.25) is 0 Å². The van der Waals surface area contributed by atoms with Crippen LogP contribution in [0.15, 0.2) is 36.7 Å². The van der Waals surface area contributed by atoms with Gasteiger partial charge in [0.05, 0.1) is 36.3 Å². The molecule has 0 fully saturated rings. The van der Waals surface area contributed by atoms with Crippen LogP contribution in [0.4, 0.5) is 15.8 Å². The van der Waals surface area contributed by atoms with Gasteiger partial charge in [-0.05, 0) is 30.7 Å². The quantitative estimate of drug-likeness (QED) is 0.561. The predicted molar refractivity (Wildman–Crippen MR) is 79.2 cm³/mol. The summed E-state index contributed by atoms with van der Waals surface area (Å²) in [5, 5.41) is 11.4. The highest BCUT2D eigenvalue weighted by atomic mass is 19.1. The molecule has 0 saturated carbocycles. The van der Waals surface area contributed by atoms with Gasteiger partial charge in [0.15, 0.2) is 0 Å². The molecule has 0 aliphatic rings. The number of rotatable bonds is 6. The van der Waals surface area contributed by atoms with Crippen molar-refractivity contribution >= 4 is 17.3 Å². The van der Waals surface area contributed by atoms with Crippen LogP contribution >= 0.6 is 0 Å². The highest BCUT2D eigenvalue weighted by Crippen LogP contribution is 2.23. The zero-order valence-electron chi connectivity index (χ0n) is 12.0. The molecule has 0 radical (unpaired) electrons. The van der Waals surface area contributed by atoms with E-state index in [0.29, 0.717) is 5.69 Å². The van der Waals surface area contributed by atoms with Crippen LogP contribution in [0.25, 0.3) is 0 Å². The number of carbonyl (C=O) groups excluding carboxylic acids is 1. The number of hydrogen-bond donors (Lipinski definition) is 3. The van der Waals surface area contributed by atoms with Gasteiger partial charge in [0.1, 0.15) is 5.82 Å². The molecule has 0 bridgehead atoms. The van der Waals surface area contributed by atoms with E-state index in [2.05, 4.69) is 15.8 Å². The Balaban J connectivity index is 2.19. The lowest BCUT2D eigenvalue weighted by Gasteiger charge is -2.12. The summed E-state index contributed by atoms with van der Waals surface area (Å²) >= 11 is 0. The van der Waals surface area contributed by atoms with Crippen molar-refractivity contribution in [2.75, 3.05) is 18.5 Å². The number of halogens is 1. The first-order valence-electron chi connectivity index (χ1n) is 6.62. The molecule has 0 unspecified atom stereocenters. The number of hydroxylamine groups is 1. The van der Waals surface area contributed by atoms with Crippen molar-refractivity contribution in [1.29, 1.82) is 0 Å². The Bertz CT molecular complexity index is 664. The third kappa shape index (κ3) is 4.00. The SMILES string of the molecule is Cc1ccc(Nc2cnccc2C(=O)NOCCO)c(F)c1. The van der Waals surface area contributed by atoms with Crippen molar-refractivity contribution < 1.29 is 19.1 Å². The van der Waals surface area contributed by atoms with Crippen molar-refractivity contribution in [1.82, 2.24) is 10.5 Å². The summed E-state index contributed by atoms with van der Waals surface area (Å²) in [4.78, 5) is 20.7. The van der Waals surface area contributed by atoms with E-state index >= 15 is 0 Å². The first kappa shape index (κ1) is 15.9. The zero-order chi connectivity index (χ0) is 15.9. The highest BCUT2D eigenvalue weighted by Gasteiger charge is 2.13. The van der Waals surface area contributed by atoms with Gasteiger partial charge < -0.3 is 10.4 Å². The summed E-state index contributed by atoms with van der Waals surface area (Å²) < 4.78 is 13.9. The Hall–Kier alpha value is -2.51. The number of benzene rings is 1. The summed E-state index contributed by atoms with van der Waals surface area (Å²) in [6, 6.07) is 6.21. The fourth-order valence-corrected chi connectivity index (χ4v) is 1.78. The Morgan fingerprint density at radius 3 is 2.91 bits per heavy atom. The van der Waals surface area contributed by atoms with Crippen LogP contribution in [0.3, 0.4) is 0 Å². The summed E-state index contributed by atoms with van der Waals surface area (Å²) in [5.41, 5.74) is 3.81. The summed E-state index contributed by atoms with van der Waals surface area (Å²) in [5.74, 6) is -0.947. The molecule has 0 atom stereocenters. The largest absolute Gasteiger partial charge is 0.394 e. The molecule has 1 aromatic heterocycles. The number of aryl methyl sites for hydroxylation is 1. The van der Waals surface area contributed by atoms with Gasteiger partial charge in [0.2, 0.25) is 0 Å². The van der Waals surface area contributed by atoms with E-state index < -0.39 is 11.7 Å². The first-order chi connectivity index (χ1) is 10.6. The van der Waals surface area contributed by atoms with Gasteiger partial charge in [-0.25, -0.2) is 9.87 Å². The summed E-state index contributed by atoms with van der Waals surface area (Å²) in [7, 11) is 0. The van der Waals surface area contributed by atoms with Gasteiger partial charge in [-0.1, -0.05) is 6.07 Å². The zero-order valence-corrected chi connectivity index (χ0v) is 12.0. The van der Waals surface area contributed by atoms with E-state index in [4.69, 9.17) is 9.94 Å². The van der Waals surface area contributed by atoms with E-state index in [9.17, 15) is 9.18 Å². The van der Waals surface area contributed by atoms with Crippen LogP contribution < -0.4 is 10.8 Å². The van der Waals surface area contributed by atoms with Gasteiger partial charge >= 0.3 is 0 Å². The number of nitrogens with zero attached hydrogens (tertiary/aromatic N) is 1. The molecular formula is C15H16FN3O3. The molecule has 1 heterocycles. The molecule has 0 spiro atoms. The van der Waals surface area contributed by atoms with Crippen molar-refractivity contribution in [3.63, 3.8) is 0 Å². The van der Waals surface area contributed by atoms with Crippen LogP contribution in [0.1, 0.15) is 15.9 Å². The van der Waals surface area contributed by atoms with Crippen LogP contribution in [0.5, 0.6) is 0 Å². The molecule has 116 valence electrons. The fourth-order valence-electron chi connectivity index (χ4n) is 1.78. The van der Waals surface area contributed by atoms with Gasteiger partial charge in [-0.15, -0.1) is 0 Å². The Kier molecular flexibility index (Phi) is 5.40. The van der Waals surface area contributed by atoms with Gasteiger partial charge in [-0.3, -0.25) is 14.6 Å². The second-order valence-corrected chi connectivity index (χ2v) is 4.53. The minimum absolute atomic E-state index is 0.0217. The maximum absolute atomic E-state index is 13.9.